The summed E-state index contributed by atoms with van der Waals surface area (Å²) in [7, 11) is 0. The molecule has 0 atom stereocenters. The Morgan fingerprint density at radius 1 is 1.05 bits per heavy atom. The Balaban J connectivity index is 1.64. The van der Waals surface area contributed by atoms with Crippen molar-refractivity contribution in [3.05, 3.63) is 65.7 Å². The zero-order chi connectivity index (χ0) is 13.8. The van der Waals surface area contributed by atoms with Crippen LogP contribution in [0.4, 0.5) is 0 Å². The number of Topliss-reactive ketones (excluding diaryl/α,β-unsaturated/α-hetero) is 1. The number of rotatable bonds is 5. The number of hydrogen-bond donors (Lipinski definition) is 0. The van der Waals surface area contributed by atoms with E-state index < -0.39 is 0 Å². The van der Waals surface area contributed by atoms with E-state index in [2.05, 4.69) is 12.1 Å². The maximum Gasteiger partial charge on any atom is 0.173 e. The maximum absolute atomic E-state index is 12.3. The number of ketones is 1. The zero-order valence-electron chi connectivity index (χ0n) is 11.4. The largest absolute Gasteiger partial charge is 0.293 e. The van der Waals surface area contributed by atoms with Gasteiger partial charge in [0.15, 0.2) is 5.78 Å². The molecule has 0 spiro atoms. The molecule has 0 unspecified atom stereocenters. The van der Waals surface area contributed by atoms with E-state index in [1.165, 1.54) is 24.8 Å². The molecule has 1 nitrogen and oxygen atoms in total. The van der Waals surface area contributed by atoms with Crippen molar-refractivity contribution in [2.75, 3.05) is 5.75 Å². The van der Waals surface area contributed by atoms with Crippen LogP contribution in [-0.2, 0) is 0 Å². The van der Waals surface area contributed by atoms with E-state index in [4.69, 9.17) is 0 Å². The molecule has 1 aliphatic carbocycles. The van der Waals surface area contributed by atoms with E-state index in [1.807, 2.05) is 42.5 Å². The van der Waals surface area contributed by atoms with E-state index in [0.29, 0.717) is 11.7 Å². The Kier molecular flexibility index (Phi) is 4.22. The predicted octanol–water partition coefficient (Wildman–Crippen LogP) is 4.93. The van der Waals surface area contributed by atoms with Crippen LogP contribution in [0.5, 0.6) is 0 Å². The van der Waals surface area contributed by atoms with Crippen molar-refractivity contribution in [1.82, 2.24) is 0 Å². The van der Waals surface area contributed by atoms with E-state index in [1.54, 1.807) is 11.8 Å². The monoisotopic (exact) mass is 282 g/mol. The molecular weight excluding hydrogens is 264 g/mol. The lowest BCUT2D eigenvalue weighted by atomic mass is 9.79. The molecule has 0 N–H and O–H groups in total. The maximum atomic E-state index is 12.3. The summed E-state index contributed by atoms with van der Waals surface area (Å²) in [5.41, 5.74) is 2.20. The standard InChI is InChI=1S/C18H18OS/c19-18(13-20-17-10-2-1-3-11-17)16-9-5-8-15(12-16)14-6-4-7-14/h1-3,5,8-12,14H,4,6-7,13H2. The third kappa shape index (κ3) is 3.13. The Morgan fingerprint density at radius 3 is 2.55 bits per heavy atom. The highest BCUT2D eigenvalue weighted by molar-refractivity contribution is 8.00. The van der Waals surface area contributed by atoms with Gasteiger partial charge in [-0.05, 0) is 42.5 Å². The zero-order valence-corrected chi connectivity index (χ0v) is 12.2. The number of hydrogen-bond acceptors (Lipinski definition) is 2. The number of carbonyl (C=O) groups is 1. The van der Waals surface area contributed by atoms with Crippen molar-refractivity contribution in [2.24, 2.45) is 0 Å². The minimum absolute atomic E-state index is 0.222. The van der Waals surface area contributed by atoms with Gasteiger partial charge in [0.05, 0.1) is 5.75 Å². The van der Waals surface area contributed by atoms with Crippen molar-refractivity contribution in [3.63, 3.8) is 0 Å². The van der Waals surface area contributed by atoms with Crippen LogP contribution >= 0.6 is 11.8 Å². The van der Waals surface area contributed by atoms with Gasteiger partial charge in [-0.2, -0.15) is 0 Å². The first-order valence-electron chi connectivity index (χ1n) is 7.14. The smallest absolute Gasteiger partial charge is 0.173 e. The van der Waals surface area contributed by atoms with E-state index in [0.717, 1.165) is 10.5 Å². The van der Waals surface area contributed by atoms with Crippen LogP contribution in [0.3, 0.4) is 0 Å². The second-order valence-corrected chi connectivity index (χ2v) is 6.33. The number of benzene rings is 2. The fourth-order valence-corrected chi connectivity index (χ4v) is 3.27. The van der Waals surface area contributed by atoms with Gasteiger partial charge in [-0.15, -0.1) is 11.8 Å². The van der Waals surface area contributed by atoms with Crippen LogP contribution in [0.25, 0.3) is 0 Å². The molecule has 1 fully saturated rings. The summed E-state index contributed by atoms with van der Waals surface area (Å²) in [5, 5.41) is 0. The van der Waals surface area contributed by atoms with Crippen molar-refractivity contribution >= 4 is 17.5 Å². The summed E-state index contributed by atoms with van der Waals surface area (Å²) in [6, 6.07) is 18.3. The van der Waals surface area contributed by atoms with Gasteiger partial charge >= 0.3 is 0 Å². The fourth-order valence-electron chi connectivity index (χ4n) is 2.46. The first-order valence-corrected chi connectivity index (χ1v) is 8.12. The van der Waals surface area contributed by atoms with Crippen molar-refractivity contribution in [3.8, 4) is 0 Å². The summed E-state index contributed by atoms with van der Waals surface area (Å²) in [5.74, 6) is 1.42. The first kappa shape index (κ1) is 13.4. The highest BCUT2D eigenvalue weighted by Gasteiger charge is 2.20. The lowest BCUT2D eigenvalue weighted by Gasteiger charge is -2.26. The molecule has 0 aliphatic heterocycles. The molecule has 0 heterocycles. The van der Waals surface area contributed by atoms with E-state index in [-0.39, 0.29) is 5.78 Å². The average Bonchev–Trinajstić information content (AvgIpc) is 2.44. The Hall–Kier alpha value is -1.54. The van der Waals surface area contributed by atoms with Gasteiger partial charge in [0, 0.05) is 10.5 Å². The van der Waals surface area contributed by atoms with E-state index >= 15 is 0 Å². The van der Waals surface area contributed by atoms with Crippen LogP contribution < -0.4 is 0 Å². The second kappa shape index (κ2) is 6.27. The first-order chi connectivity index (χ1) is 9.83. The molecule has 0 saturated heterocycles. The minimum atomic E-state index is 0.222. The van der Waals surface area contributed by atoms with Gasteiger partial charge in [0.2, 0.25) is 0 Å². The summed E-state index contributed by atoms with van der Waals surface area (Å²) < 4.78 is 0. The second-order valence-electron chi connectivity index (χ2n) is 5.28. The predicted molar refractivity (Wildman–Crippen MR) is 84.5 cm³/mol. The molecule has 2 aromatic rings. The van der Waals surface area contributed by atoms with Crippen LogP contribution in [0, 0.1) is 0 Å². The van der Waals surface area contributed by atoms with Crippen molar-refractivity contribution in [1.29, 1.82) is 0 Å². The molecule has 0 radical (unpaired) electrons. The Morgan fingerprint density at radius 2 is 1.85 bits per heavy atom. The molecule has 0 amide bonds. The molecule has 20 heavy (non-hydrogen) atoms. The molecule has 0 aromatic heterocycles. The van der Waals surface area contributed by atoms with Crippen LogP contribution in [0.1, 0.15) is 41.1 Å². The lowest BCUT2D eigenvalue weighted by molar-refractivity contribution is 0.102. The van der Waals surface area contributed by atoms with E-state index in [9.17, 15) is 4.79 Å². The highest BCUT2D eigenvalue weighted by Crippen LogP contribution is 2.36. The Bertz CT molecular complexity index is 587. The minimum Gasteiger partial charge on any atom is -0.293 e. The average molecular weight is 282 g/mol. The quantitative estimate of drug-likeness (QED) is 0.571. The summed E-state index contributed by atoms with van der Waals surface area (Å²) >= 11 is 1.61. The third-order valence-electron chi connectivity index (χ3n) is 3.90. The van der Waals surface area contributed by atoms with Gasteiger partial charge in [0.25, 0.3) is 0 Å². The summed E-state index contributed by atoms with van der Waals surface area (Å²) in [4.78, 5) is 13.4. The van der Waals surface area contributed by atoms with Gasteiger partial charge < -0.3 is 0 Å². The van der Waals surface area contributed by atoms with Crippen LogP contribution in [0.15, 0.2) is 59.5 Å². The van der Waals surface area contributed by atoms with Crippen LogP contribution in [0.2, 0.25) is 0 Å². The van der Waals surface area contributed by atoms with Crippen molar-refractivity contribution in [2.45, 2.75) is 30.1 Å². The van der Waals surface area contributed by atoms with Crippen molar-refractivity contribution < 1.29 is 4.79 Å². The van der Waals surface area contributed by atoms with Gasteiger partial charge in [-0.3, -0.25) is 4.79 Å². The molecule has 1 aliphatic rings. The molecule has 1 saturated carbocycles. The lowest BCUT2D eigenvalue weighted by Crippen LogP contribution is -2.10. The van der Waals surface area contributed by atoms with Crippen LogP contribution in [-0.4, -0.2) is 11.5 Å². The number of thioether (sulfide) groups is 1. The molecular formula is C18H18OS. The molecule has 3 rings (SSSR count). The van der Waals surface area contributed by atoms with Gasteiger partial charge in [-0.25, -0.2) is 0 Å². The fraction of sp³-hybridized carbons (Fsp3) is 0.278. The Labute approximate surface area is 124 Å². The molecule has 2 heteroatoms. The number of carbonyl (C=O) groups excluding carboxylic acids is 1. The summed E-state index contributed by atoms with van der Waals surface area (Å²) in [6.45, 7) is 0. The topological polar surface area (TPSA) is 17.1 Å². The highest BCUT2D eigenvalue weighted by atomic mass is 32.2. The molecule has 0 bridgehead atoms. The molecule has 102 valence electrons. The van der Waals surface area contributed by atoms with Gasteiger partial charge in [0.1, 0.15) is 0 Å². The SMILES string of the molecule is O=C(CSc1ccccc1)c1cccc(C2CCC2)c1. The third-order valence-corrected chi connectivity index (χ3v) is 4.91. The normalized spacial score (nSPS) is 14.8. The van der Waals surface area contributed by atoms with Gasteiger partial charge in [-0.1, -0.05) is 42.8 Å². The molecule has 2 aromatic carbocycles. The summed E-state index contributed by atoms with van der Waals surface area (Å²) in [6.07, 6.45) is 3.87.